The van der Waals surface area contributed by atoms with Crippen LogP contribution in [0.2, 0.25) is 0 Å². The molecule has 3 unspecified atom stereocenters. The van der Waals surface area contributed by atoms with Crippen molar-refractivity contribution >= 4 is 29.5 Å². The Morgan fingerprint density at radius 2 is 2.03 bits per heavy atom. The largest absolute Gasteiger partial charge is 0.466 e. The number of benzene rings is 1. The summed E-state index contributed by atoms with van der Waals surface area (Å²) < 4.78 is 4.69. The van der Waals surface area contributed by atoms with Crippen molar-refractivity contribution in [2.75, 3.05) is 19.8 Å². The van der Waals surface area contributed by atoms with Crippen LogP contribution in [0.1, 0.15) is 45.6 Å². The molecule has 3 fully saturated rings. The highest BCUT2D eigenvalue weighted by Gasteiger charge is 2.76. The van der Waals surface area contributed by atoms with Gasteiger partial charge in [-0.15, -0.1) is 11.8 Å². The van der Waals surface area contributed by atoms with Gasteiger partial charge in [-0.05, 0) is 37.7 Å². The minimum Gasteiger partial charge on any atom is -0.466 e. The van der Waals surface area contributed by atoms with E-state index in [9.17, 15) is 19.5 Å². The summed E-state index contributed by atoms with van der Waals surface area (Å²) in [7, 11) is 0. The molecule has 3 heterocycles. The van der Waals surface area contributed by atoms with Crippen LogP contribution in [0.5, 0.6) is 0 Å². The Balaban J connectivity index is 1.74. The average Bonchev–Trinajstić information content (AvgIpc) is 3.42. The fourth-order valence-electron chi connectivity index (χ4n) is 6.28. The van der Waals surface area contributed by atoms with Gasteiger partial charge in [-0.1, -0.05) is 50.6 Å². The van der Waals surface area contributed by atoms with Crippen molar-refractivity contribution < 1.29 is 24.2 Å². The average molecular weight is 489 g/mol. The number of amides is 2. The molecule has 186 valence electrons. The molecule has 7 atom stereocenters. The number of thioether (sulfide) groups is 1. The number of likely N-dealkylation sites (tertiary alicyclic amines) is 1. The van der Waals surface area contributed by atoms with Crippen LogP contribution in [0, 0.1) is 17.8 Å². The molecule has 1 spiro atoms. The van der Waals surface area contributed by atoms with E-state index in [2.05, 4.69) is 19.2 Å². The second-order valence-electron chi connectivity index (χ2n) is 9.72. The van der Waals surface area contributed by atoms with E-state index in [-0.39, 0.29) is 42.2 Å². The van der Waals surface area contributed by atoms with Crippen molar-refractivity contribution in [1.82, 2.24) is 10.2 Å². The molecule has 0 radical (unpaired) electrons. The van der Waals surface area contributed by atoms with Crippen LogP contribution >= 0.6 is 11.8 Å². The van der Waals surface area contributed by atoms with E-state index in [1.54, 1.807) is 23.6 Å². The van der Waals surface area contributed by atoms with Crippen LogP contribution in [0.15, 0.2) is 30.3 Å². The van der Waals surface area contributed by atoms with Gasteiger partial charge in [0, 0.05) is 11.8 Å². The van der Waals surface area contributed by atoms with E-state index in [1.807, 2.05) is 30.3 Å². The predicted octanol–water partition coefficient (Wildman–Crippen LogP) is 2.41. The lowest BCUT2D eigenvalue weighted by Gasteiger charge is -2.40. The first-order valence-corrected chi connectivity index (χ1v) is 13.4. The fraction of sp³-hybridized carbons (Fsp3) is 0.654. The summed E-state index contributed by atoms with van der Waals surface area (Å²) in [5.41, 5.74) is 0.987. The zero-order valence-corrected chi connectivity index (χ0v) is 21.1. The number of carbonyl (C=O) groups excluding carboxylic acids is 3. The SMILES string of the molecule is CCCCNC(=O)C1N([C@@H](CO)Cc2ccccc2)C(=O)[C@@H]2[C@@H](C(=O)OCC)[C@H]3CC(C)C12S3. The van der Waals surface area contributed by atoms with Crippen LogP contribution in [0.3, 0.4) is 0 Å². The lowest BCUT2D eigenvalue weighted by molar-refractivity contribution is -0.154. The summed E-state index contributed by atoms with van der Waals surface area (Å²) in [4.78, 5) is 42.4. The Morgan fingerprint density at radius 1 is 1.29 bits per heavy atom. The molecule has 1 aromatic rings. The Bertz CT molecular complexity index is 912. The molecule has 7 nitrogen and oxygen atoms in total. The molecular formula is C26H36N2O5S. The van der Waals surface area contributed by atoms with Gasteiger partial charge in [0.05, 0.1) is 35.8 Å². The summed E-state index contributed by atoms with van der Waals surface area (Å²) in [5, 5.41) is 13.4. The van der Waals surface area contributed by atoms with Gasteiger partial charge >= 0.3 is 5.97 Å². The molecule has 8 heteroatoms. The molecule has 2 amide bonds. The van der Waals surface area contributed by atoms with E-state index >= 15 is 0 Å². The van der Waals surface area contributed by atoms with Crippen molar-refractivity contribution in [2.45, 2.75) is 68.5 Å². The Hall–Kier alpha value is -2.06. The summed E-state index contributed by atoms with van der Waals surface area (Å²) in [6, 6.07) is 8.42. The van der Waals surface area contributed by atoms with Gasteiger partial charge in [0.25, 0.3) is 0 Å². The molecule has 3 aliphatic heterocycles. The normalized spacial score (nSPS) is 32.5. The number of aliphatic hydroxyl groups is 1. The van der Waals surface area contributed by atoms with E-state index in [0.717, 1.165) is 24.8 Å². The molecule has 1 aromatic carbocycles. The van der Waals surface area contributed by atoms with Gasteiger partial charge in [0.2, 0.25) is 11.8 Å². The molecule has 34 heavy (non-hydrogen) atoms. The van der Waals surface area contributed by atoms with Crippen LogP contribution < -0.4 is 5.32 Å². The molecule has 0 saturated carbocycles. The van der Waals surface area contributed by atoms with Crippen molar-refractivity contribution in [3.8, 4) is 0 Å². The van der Waals surface area contributed by atoms with Crippen LogP contribution in [0.25, 0.3) is 0 Å². The lowest BCUT2D eigenvalue weighted by Crippen LogP contribution is -2.58. The van der Waals surface area contributed by atoms with E-state index in [4.69, 9.17) is 4.74 Å². The maximum Gasteiger partial charge on any atom is 0.310 e. The number of fused-ring (bicyclic) bond motifs is 1. The van der Waals surface area contributed by atoms with E-state index in [0.29, 0.717) is 13.0 Å². The topological polar surface area (TPSA) is 95.9 Å². The van der Waals surface area contributed by atoms with E-state index < -0.39 is 28.7 Å². The zero-order valence-electron chi connectivity index (χ0n) is 20.2. The molecule has 0 aromatic heterocycles. The highest BCUT2D eigenvalue weighted by molar-refractivity contribution is 8.02. The van der Waals surface area contributed by atoms with Gasteiger partial charge in [0.15, 0.2) is 0 Å². The number of hydrogen-bond acceptors (Lipinski definition) is 6. The third-order valence-electron chi connectivity index (χ3n) is 7.74. The molecule has 0 aliphatic carbocycles. The van der Waals surface area contributed by atoms with E-state index in [1.165, 1.54) is 0 Å². The summed E-state index contributed by atoms with van der Waals surface area (Å²) in [6.07, 6.45) is 3.02. The quantitative estimate of drug-likeness (QED) is 0.388. The lowest BCUT2D eigenvalue weighted by atomic mass is 9.66. The highest BCUT2D eigenvalue weighted by atomic mass is 32.2. The van der Waals surface area contributed by atoms with Crippen molar-refractivity contribution in [3.63, 3.8) is 0 Å². The number of esters is 1. The first kappa shape index (κ1) is 25.0. The smallest absolute Gasteiger partial charge is 0.310 e. The summed E-state index contributed by atoms with van der Waals surface area (Å²) in [6.45, 7) is 6.47. The third kappa shape index (κ3) is 4.02. The number of rotatable bonds is 10. The Morgan fingerprint density at radius 3 is 2.68 bits per heavy atom. The van der Waals surface area contributed by atoms with Gasteiger partial charge in [-0.3, -0.25) is 14.4 Å². The Labute approximate surface area is 206 Å². The van der Waals surface area contributed by atoms with Crippen molar-refractivity contribution in [1.29, 1.82) is 0 Å². The van der Waals surface area contributed by atoms with Crippen LogP contribution in [0.4, 0.5) is 0 Å². The second kappa shape index (κ2) is 10.3. The number of ether oxygens (including phenoxy) is 1. The molecule has 4 rings (SSSR count). The Kier molecular flexibility index (Phi) is 7.57. The third-order valence-corrected chi connectivity index (χ3v) is 9.81. The molecule has 3 saturated heterocycles. The number of unbranched alkanes of at least 4 members (excludes halogenated alkanes) is 1. The van der Waals surface area contributed by atoms with Gasteiger partial charge < -0.3 is 20.1 Å². The van der Waals surface area contributed by atoms with Crippen LogP contribution in [-0.4, -0.2) is 69.6 Å². The highest BCUT2D eigenvalue weighted by Crippen LogP contribution is 2.68. The van der Waals surface area contributed by atoms with Crippen LogP contribution in [-0.2, 0) is 25.5 Å². The van der Waals surface area contributed by atoms with Gasteiger partial charge in [-0.25, -0.2) is 0 Å². The maximum atomic E-state index is 14.1. The molecular weight excluding hydrogens is 452 g/mol. The summed E-state index contributed by atoms with van der Waals surface area (Å²) in [5.74, 6) is -1.81. The number of hydrogen-bond donors (Lipinski definition) is 2. The second-order valence-corrected chi connectivity index (χ2v) is 11.3. The molecule has 2 N–H and O–H groups in total. The fourth-order valence-corrected chi connectivity index (χ4v) is 8.68. The zero-order chi connectivity index (χ0) is 24.5. The summed E-state index contributed by atoms with van der Waals surface area (Å²) >= 11 is 1.63. The minimum absolute atomic E-state index is 0.0298. The molecule has 3 aliphatic rings. The van der Waals surface area contributed by atoms with Gasteiger partial charge in [-0.2, -0.15) is 0 Å². The maximum absolute atomic E-state index is 14.1. The minimum atomic E-state index is -0.729. The number of nitrogens with one attached hydrogen (secondary N) is 1. The molecule has 2 bridgehead atoms. The number of aliphatic hydroxyl groups excluding tert-OH is 1. The first-order valence-electron chi connectivity index (χ1n) is 12.5. The number of carbonyl (C=O) groups is 3. The monoisotopic (exact) mass is 488 g/mol. The predicted molar refractivity (Wildman–Crippen MR) is 131 cm³/mol. The van der Waals surface area contributed by atoms with Crippen molar-refractivity contribution in [2.24, 2.45) is 17.8 Å². The number of nitrogens with zero attached hydrogens (tertiary/aromatic N) is 1. The van der Waals surface area contributed by atoms with Gasteiger partial charge in [0.1, 0.15) is 6.04 Å². The first-order chi connectivity index (χ1) is 16.4. The standard InChI is InChI=1S/C26H36N2O5S/c1-4-6-12-27-23(30)22-26-16(3)13-19(34-26)20(25(32)33-5-2)21(26)24(31)28(22)18(15-29)14-17-10-8-7-9-11-17/h7-11,16,18-22,29H,4-6,12-15H2,1-3H3,(H,27,30)/t16?,18-,19-,20+,21+,22?,26?/m1/s1. The van der Waals surface area contributed by atoms with Crippen molar-refractivity contribution in [3.05, 3.63) is 35.9 Å².